The highest BCUT2D eigenvalue weighted by Gasteiger charge is 2.17. The Morgan fingerprint density at radius 3 is 1.92 bits per heavy atom. The summed E-state index contributed by atoms with van der Waals surface area (Å²) in [6, 6.07) is 27.8. The van der Waals surface area contributed by atoms with Crippen LogP contribution in [0.4, 0.5) is 5.69 Å². The smallest absolute Gasteiger partial charge is 0.169 e. The van der Waals surface area contributed by atoms with E-state index in [0.29, 0.717) is 28.8 Å². The normalized spacial score (nSPS) is 11.5. The Morgan fingerprint density at radius 1 is 0.784 bits per heavy atom. The third kappa shape index (κ3) is 7.78. The zero-order chi connectivity index (χ0) is 26.4. The predicted octanol–water partition coefficient (Wildman–Crippen LogP) is 9.36. The Balaban J connectivity index is 1.79. The molecule has 6 heteroatoms. The van der Waals surface area contributed by atoms with E-state index in [2.05, 4.69) is 68.1 Å². The Labute approximate surface area is 233 Å². The van der Waals surface area contributed by atoms with Crippen LogP contribution in [0.2, 0.25) is 10.0 Å². The molecule has 4 aromatic carbocycles. The van der Waals surface area contributed by atoms with Gasteiger partial charge in [0.15, 0.2) is 5.17 Å². The first-order valence-corrected chi connectivity index (χ1v) is 13.8. The largest absolute Gasteiger partial charge is 0.508 e. The van der Waals surface area contributed by atoms with E-state index in [-0.39, 0.29) is 5.75 Å². The van der Waals surface area contributed by atoms with Crippen molar-refractivity contribution in [3.8, 4) is 5.75 Å². The second kappa shape index (κ2) is 12.6. The molecule has 0 atom stereocenters. The second-order valence-corrected chi connectivity index (χ2v) is 11.0. The fraction of sp³-hybridized carbons (Fsp3) is 0.194. The highest BCUT2D eigenvalue weighted by Crippen LogP contribution is 2.32. The second-order valence-electron chi connectivity index (χ2n) is 9.09. The first kappa shape index (κ1) is 27.1. The molecule has 3 nitrogen and oxygen atoms in total. The van der Waals surface area contributed by atoms with E-state index in [0.717, 1.165) is 22.0 Å². The van der Waals surface area contributed by atoms with Gasteiger partial charge in [0.1, 0.15) is 5.75 Å². The molecule has 4 rings (SSSR count). The van der Waals surface area contributed by atoms with Crippen LogP contribution < -0.4 is 0 Å². The molecule has 0 unspecified atom stereocenters. The minimum absolute atomic E-state index is 0.248. The third-order valence-corrected chi connectivity index (χ3v) is 7.64. The molecule has 0 aliphatic rings. The van der Waals surface area contributed by atoms with Gasteiger partial charge in [-0.15, -0.1) is 0 Å². The number of aromatic hydroxyl groups is 1. The van der Waals surface area contributed by atoms with Gasteiger partial charge in [0.25, 0.3) is 0 Å². The lowest BCUT2D eigenvalue weighted by molar-refractivity contribution is 0.414. The fourth-order valence-electron chi connectivity index (χ4n) is 3.94. The van der Waals surface area contributed by atoms with Crippen molar-refractivity contribution < 1.29 is 5.11 Å². The maximum absolute atomic E-state index is 9.81. The summed E-state index contributed by atoms with van der Waals surface area (Å²) < 4.78 is 0. The number of aryl methyl sites for hydroxylation is 3. The van der Waals surface area contributed by atoms with Gasteiger partial charge in [-0.05, 0) is 78.9 Å². The van der Waals surface area contributed by atoms with E-state index >= 15 is 0 Å². The standard InChI is InChI=1S/C31H30Cl2N2OS/c1-4-23-11-14-30(22(3)15-23)37-31(34-28-17-26(32)16-27(33)18-28)35(19-24-7-5-21(2)6-8-24)20-25-9-12-29(36)13-10-25/h5-18,36H,4,19-20H2,1-3H3. The molecule has 0 spiro atoms. The van der Waals surface area contributed by atoms with E-state index in [9.17, 15) is 5.11 Å². The highest BCUT2D eigenvalue weighted by molar-refractivity contribution is 8.13. The van der Waals surface area contributed by atoms with Gasteiger partial charge < -0.3 is 10.0 Å². The van der Waals surface area contributed by atoms with Crippen molar-refractivity contribution in [2.24, 2.45) is 4.99 Å². The molecule has 0 saturated heterocycles. The summed E-state index contributed by atoms with van der Waals surface area (Å²) in [5.41, 5.74) is 6.68. The lowest BCUT2D eigenvalue weighted by atomic mass is 10.1. The van der Waals surface area contributed by atoms with Crippen molar-refractivity contribution in [1.29, 1.82) is 0 Å². The number of hydrogen-bond donors (Lipinski definition) is 1. The average Bonchev–Trinajstić information content (AvgIpc) is 2.86. The number of hydrogen-bond acceptors (Lipinski definition) is 3. The topological polar surface area (TPSA) is 35.8 Å². The molecule has 0 amide bonds. The number of phenols is 1. The Kier molecular flexibility index (Phi) is 9.20. The van der Waals surface area contributed by atoms with E-state index < -0.39 is 0 Å². The molecule has 0 radical (unpaired) electrons. The van der Waals surface area contributed by atoms with Crippen molar-refractivity contribution in [3.63, 3.8) is 0 Å². The van der Waals surface area contributed by atoms with Crippen LogP contribution in [0.15, 0.2) is 94.8 Å². The number of amidine groups is 1. The molecule has 1 N–H and O–H groups in total. The Hall–Kier alpha value is -2.92. The lowest BCUT2D eigenvalue weighted by Crippen LogP contribution is -2.28. The first-order valence-electron chi connectivity index (χ1n) is 12.2. The SMILES string of the molecule is CCc1ccc(SC(=Nc2cc(Cl)cc(Cl)c2)N(Cc2ccc(C)cc2)Cc2ccc(O)cc2)c(C)c1. The summed E-state index contributed by atoms with van der Waals surface area (Å²) in [5, 5.41) is 11.7. The average molecular weight is 550 g/mol. The van der Waals surface area contributed by atoms with Gasteiger partial charge >= 0.3 is 0 Å². The molecule has 0 bridgehead atoms. The monoisotopic (exact) mass is 548 g/mol. The summed E-state index contributed by atoms with van der Waals surface area (Å²) in [6.45, 7) is 7.66. The fourth-order valence-corrected chi connectivity index (χ4v) is 5.42. The van der Waals surface area contributed by atoms with E-state index in [4.69, 9.17) is 28.2 Å². The van der Waals surface area contributed by atoms with Gasteiger partial charge in [-0.1, -0.05) is 96.0 Å². The minimum Gasteiger partial charge on any atom is -0.508 e. The summed E-state index contributed by atoms with van der Waals surface area (Å²) in [4.78, 5) is 8.47. The molecular formula is C31H30Cl2N2OS. The van der Waals surface area contributed by atoms with Gasteiger partial charge in [0.2, 0.25) is 0 Å². The molecule has 4 aromatic rings. The van der Waals surface area contributed by atoms with Crippen LogP contribution in [0.1, 0.15) is 34.7 Å². The van der Waals surface area contributed by atoms with Crippen LogP contribution >= 0.6 is 35.0 Å². The third-order valence-electron chi connectivity index (χ3n) is 6.00. The number of nitrogens with zero attached hydrogens (tertiary/aromatic N) is 2. The molecular weight excluding hydrogens is 519 g/mol. The van der Waals surface area contributed by atoms with E-state index in [1.165, 1.54) is 22.3 Å². The van der Waals surface area contributed by atoms with Gasteiger partial charge in [-0.3, -0.25) is 0 Å². The lowest BCUT2D eigenvalue weighted by Gasteiger charge is -2.27. The van der Waals surface area contributed by atoms with Gasteiger partial charge in [-0.2, -0.15) is 0 Å². The molecule has 0 saturated carbocycles. The number of halogens is 2. The number of phenolic OH excluding ortho intramolecular Hbond substituents is 1. The molecule has 0 fully saturated rings. The van der Waals surface area contributed by atoms with Crippen LogP contribution in [-0.4, -0.2) is 15.2 Å². The number of benzene rings is 4. The summed E-state index contributed by atoms with van der Waals surface area (Å²) in [7, 11) is 0. The summed E-state index contributed by atoms with van der Waals surface area (Å²) in [5.74, 6) is 0.248. The van der Waals surface area contributed by atoms with Crippen LogP contribution in [-0.2, 0) is 19.5 Å². The van der Waals surface area contributed by atoms with Crippen LogP contribution in [0.5, 0.6) is 5.75 Å². The maximum atomic E-state index is 9.81. The number of rotatable bonds is 7. The molecule has 0 aliphatic carbocycles. The predicted molar refractivity (Wildman–Crippen MR) is 159 cm³/mol. The van der Waals surface area contributed by atoms with Crippen LogP contribution in [0, 0.1) is 13.8 Å². The zero-order valence-electron chi connectivity index (χ0n) is 21.2. The molecule has 0 aliphatic heterocycles. The van der Waals surface area contributed by atoms with Crippen molar-refractivity contribution in [2.75, 3.05) is 0 Å². The first-order chi connectivity index (χ1) is 17.8. The van der Waals surface area contributed by atoms with Crippen LogP contribution in [0.25, 0.3) is 0 Å². The molecule has 190 valence electrons. The van der Waals surface area contributed by atoms with Crippen molar-refractivity contribution in [2.45, 2.75) is 45.2 Å². The highest BCUT2D eigenvalue weighted by atomic mass is 35.5. The van der Waals surface area contributed by atoms with Crippen molar-refractivity contribution in [3.05, 3.63) is 123 Å². The van der Waals surface area contributed by atoms with Gasteiger partial charge in [0.05, 0.1) is 5.69 Å². The Bertz CT molecular complexity index is 1320. The van der Waals surface area contributed by atoms with Crippen molar-refractivity contribution in [1.82, 2.24) is 4.90 Å². The van der Waals surface area contributed by atoms with E-state index in [1.807, 2.05) is 24.3 Å². The number of aliphatic imine (C=N–C) groups is 1. The van der Waals surface area contributed by atoms with Crippen LogP contribution in [0.3, 0.4) is 0 Å². The Morgan fingerprint density at radius 2 is 1.35 bits per heavy atom. The summed E-state index contributed by atoms with van der Waals surface area (Å²) >= 11 is 14.3. The molecule has 37 heavy (non-hydrogen) atoms. The zero-order valence-corrected chi connectivity index (χ0v) is 23.5. The molecule has 0 heterocycles. The van der Waals surface area contributed by atoms with Crippen molar-refractivity contribution >= 4 is 45.8 Å². The summed E-state index contributed by atoms with van der Waals surface area (Å²) in [6.07, 6.45) is 0.994. The number of thioether (sulfide) groups is 1. The van der Waals surface area contributed by atoms with E-state index in [1.54, 1.807) is 30.0 Å². The minimum atomic E-state index is 0.248. The maximum Gasteiger partial charge on any atom is 0.169 e. The van der Waals surface area contributed by atoms with Gasteiger partial charge in [0, 0.05) is 28.0 Å². The molecule has 0 aromatic heterocycles. The van der Waals surface area contributed by atoms with Gasteiger partial charge in [-0.25, -0.2) is 4.99 Å². The quantitative estimate of drug-likeness (QED) is 0.142.